The van der Waals surface area contributed by atoms with Gasteiger partial charge in [-0.25, -0.2) is 9.97 Å². The molecule has 1 aromatic rings. The molecule has 1 fully saturated rings. The third-order valence-electron chi connectivity index (χ3n) is 3.49. The molecular weight excluding hydrogens is 285 g/mol. The van der Waals surface area contributed by atoms with Crippen LogP contribution in [-0.2, 0) is 10.9 Å². The second-order valence-corrected chi connectivity index (χ2v) is 5.15. The van der Waals surface area contributed by atoms with Crippen molar-refractivity contribution in [2.24, 2.45) is 0 Å². The van der Waals surface area contributed by atoms with Gasteiger partial charge in [0.2, 0.25) is 5.95 Å². The summed E-state index contributed by atoms with van der Waals surface area (Å²) in [5.74, 6) is -0.00223. The van der Waals surface area contributed by atoms with E-state index in [-0.39, 0.29) is 18.0 Å². The maximum atomic E-state index is 12.6. The van der Waals surface area contributed by atoms with Crippen molar-refractivity contribution < 1.29 is 17.9 Å². The fraction of sp³-hybridized carbons (Fsp3) is 0.692. The van der Waals surface area contributed by atoms with Gasteiger partial charge in [0.1, 0.15) is 5.69 Å². The first-order valence-electron chi connectivity index (χ1n) is 6.85. The van der Waals surface area contributed by atoms with Gasteiger partial charge in [0.05, 0.1) is 13.2 Å². The van der Waals surface area contributed by atoms with Crippen LogP contribution >= 0.6 is 0 Å². The van der Waals surface area contributed by atoms with Crippen LogP contribution in [0.25, 0.3) is 0 Å². The average Bonchev–Trinajstić information content (AvgIpc) is 2.45. The molecule has 118 valence electrons. The first-order valence-corrected chi connectivity index (χ1v) is 6.85. The van der Waals surface area contributed by atoms with E-state index in [1.807, 2.05) is 6.92 Å². The van der Waals surface area contributed by atoms with E-state index in [2.05, 4.69) is 27.1 Å². The zero-order valence-corrected chi connectivity index (χ0v) is 12.0. The van der Waals surface area contributed by atoms with Crippen molar-refractivity contribution in [1.82, 2.24) is 14.9 Å². The van der Waals surface area contributed by atoms with Crippen molar-refractivity contribution in [3.05, 3.63) is 18.0 Å². The fourth-order valence-corrected chi connectivity index (χ4v) is 2.35. The van der Waals surface area contributed by atoms with Crippen LogP contribution in [0.4, 0.5) is 19.1 Å². The van der Waals surface area contributed by atoms with Crippen molar-refractivity contribution >= 4 is 5.95 Å². The van der Waals surface area contributed by atoms with Crippen LogP contribution in [0.2, 0.25) is 0 Å². The molecule has 2 heterocycles. The van der Waals surface area contributed by atoms with Crippen molar-refractivity contribution in [1.29, 1.82) is 0 Å². The van der Waals surface area contributed by atoms with E-state index in [9.17, 15) is 13.2 Å². The van der Waals surface area contributed by atoms with Gasteiger partial charge in [0, 0.05) is 31.4 Å². The molecule has 8 heteroatoms. The van der Waals surface area contributed by atoms with Gasteiger partial charge in [-0.1, -0.05) is 0 Å². The first kappa shape index (κ1) is 16.0. The van der Waals surface area contributed by atoms with Crippen LogP contribution in [-0.4, -0.2) is 53.3 Å². The molecule has 0 unspecified atom stereocenters. The van der Waals surface area contributed by atoms with Crippen LogP contribution in [0.5, 0.6) is 0 Å². The summed E-state index contributed by atoms with van der Waals surface area (Å²) in [4.78, 5) is 9.57. The fourth-order valence-electron chi connectivity index (χ4n) is 2.35. The lowest BCUT2D eigenvalue weighted by atomic mass is 10.2. The van der Waals surface area contributed by atoms with Gasteiger partial charge in [-0.15, -0.1) is 0 Å². The number of alkyl halides is 3. The van der Waals surface area contributed by atoms with Crippen molar-refractivity contribution in [3.63, 3.8) is 0 Å². The van der Waals surface area contributed by atoms with E-state index in [1.165, 1.54) is 0 Å². The summed E-state index contributed by atoms with van der Waals surface area (Å²) in [6.07, 6.45) is -3.34. The quantitative estimate of drug-likeness (QED) is 0.922. The van der Waals surface area contributed by atoms with Crippen LogP contribution in [0.15, 0.2) is 12.3 Å². The minimum atomic E-state index is -4.45. The standard InChI is InChI=1S/C13H19F3N4O/c1-9(20-5-6-21-8-10(20)2)7-18-12-17-4-3-11(19-12)13(14,15)16/h3-4,9-10H,5-8H2,1-2H3,(H,17,18,19)/t9-,10+/m0/s1. The number of nitrogens with zero attached hydrogens (tertiary/aromatic N) is 3. The van der Waals surface area contributed by atoms with Crippen LogP contribution in [0.3, 0.4) is 0 Å². The maximum Gasteiger partial charge on any atom is 0.433 e. The Bertz CT molecular complexity index is 469. The Balaban J connectivity index is 1.93. The summed E-state index contributed by atoms with van der Waals surface area (Å²) >= 11 is 0. The SMILES string of the molecule is C[C@@H]1COCCN1[C@@H](C)CNc1nccc(C(F)(F)F)n1. The summed E-state index contributed by atoms with van der Waals surface area (Å²) < 4.78 is 43.1. The number of hydrogen-bond donors (Lipinski definition) is 1. The van der Waals surface area contributed by atoms with Gasteiger partial charge in [-0.3, -0.25) is 4.90 Å². The zero-order chi connectivity index (χ0) is 15.5. The lowest BCUT2D eigenvalue weighted by Crippen LogP contribution is -2.50. The van der Waals surface area contributed by atoms with E-state index in [1.54, 1.807) is 0 Å². The number of anilines is 1. The van der Waals surface area contributed by atoms with Gasteiger partial charge in [0.15, 0.2) is 0 Å². The number of halogens is 3. The zero-order valence-electron chi connectivity index (χ0n) is 12.0. The molecule has 0 aromatic carbocycles. The molecule has 5 nitrogen and oxygen atoms in total. The van der Waals surface area contributed by atoms with E-state index in [0.29, 0.717) is 19.8 Å². The highest BCUT2D eigenvalue weighted by Gasteiger charge is 2.32. The van der Waals surface area contributed by atoms with Crippen molar-refractivity contribution in [2.75, 3.05) is 31.6 Å². The lowest BCUT2D eigenvalue weighted by Gasteiger charge is -2.37. The third kappa shape index (κ3) is 4.28. The molecule has 0 aliphatic carbocycles. The van der Waals surface area contributed by atoms with Crippen LogP contribution in [0, 0.1) is 0 Å². The summed E-state index contributed by atoms with van der Waals surface area (Å²) in [6, 6.07) is 1.30. The Morgan fingerprint density at radius 3 is 2.95 bits per heavy atom. The van der Waals surface area contributed by atoms with Gasteiger partial charge in [0.25, 0.3) is 0 Å². The second kappa shape index (κ2) is 6.57. The minimum Gasteiger partial charge on any atom is -0.379 e. The van der Waals surface area contributed by atoms with Gasteiger partial charge < -0.3 is 10.1 Å². The molecule has 2 atom stereocenters. The van der Waals surface area contributed by atoms with Crippen molar-refractivity contribution in [3.8, 4) is 0 Å². The molecule has 1 aliphatic heterocycles. The summed E-state index contributed by atoms with van der Waals surface area (Å²) in [5.41, 5.74) is -0.938. The molecule has 1 saturated heterocycles. The van der Waals surface area contributed by atoms with Crippen molar-refractivity contribution in [2.45, 2.75) is 32.1 Å². The average molecular weight is 304 g/mol. The lowest BCUT2D eigenvalue weighted by molar-refractivity contribution is -0.141. The van der Waals surface area contributed by atoms with E-state index >= 15 is 0 Å². The maximum absolute atomic E-state index is 12.6. The molecule has 1 aromatic heterocycles. The van der Waals surface area contributed by atoms with Gasteiger partial charge in [-0.2, -0.15) is 13.2 Å². The monoisotopic (exact) mass is 304 g/mol. The van der Waals surface area contributed by atoms with Gasteiger partial charge in [-0.05, 0) is 19.9 Å². The number of aromatic nitrogens is 2. The topological polar surface area (TPSA) is 50.3 Å². The second-order valence-electron chi connectivity index (χ2n) is 5.15. The Morgan fingerprint density at radius 1 is 1.52 bits per heavy atom. The van der Waals surface area contributed by atoms with E-state index < -0.39 is 11.9 Å². The smallest absolute Gasteiger partial charge is 0.379 e. The van der Waals surface area contributed by atoms with E-state index in [4.69, 9.17) is 4.74 Å². The normalized spacial score (nSPS) is 22.0. The molecular formula is C13H19F3N4O. The molecule has 0 amide bonds. The van der Waals surface area contributed by atoms with Crippen LogP contribution in [0.1, 0.15) is 19.5 Å². The third-order valence-corrected chi connectivity index (χ3v) is 3.49. The summed E-state index contributed by atoms with van der Waals surface area (Å²) in [5, 5.41) is 2.87. The molecule has 2 rings (SSSR count). The number of ether oxygens (including phenoxy) is 1. The number of rotatable bonds is 4. The Hall–Kier alpha value is -1.41. The molecule has 21 heavy (non-hydrogen) atoms. The Morgan fingerprint density at radius 2 is 2.29 bits per heavy atom. The predicted octanol–water partition coefficient (Wildman–Crippen LogP) is 2.02. The first-order chi connectivity index (χ1) is 9.88. The van der Waals surface area contributed by atoms with E-state index in [0.717, 1.165) is 18.8 Å². The molecule has 0 bridgehead atoms. The summed E-state index contributed by atoms with van der Waals surface area (Å²) in [6.45, 7) is 6.72. The number of morpholine rings is 1. The molecule has 0 spiro atoms. The highest BCUT2D eigenvalue weighted by atomic mass is 19.4. The number of hydrogen-bond acceptors (Lipinski definition) is 5. The predicted molar refractivity (Wildman–Crippen MR) is 72.0 cm³/mol. The molecule has 1 N–H and O–H groups in total. The Labute approximate surface area is 121 Å². The van der Waals surface area contributed by atoms with Crippen LogP contribution < -0.4 is 5.32 Å². The summed E-state index contributed by atoms with van der Waals surface area (Å²) in [7, 11) is 0. The molecule has 0 radical (unpaired) electrons. The molecule has 1 aliphatic rings. The number of nitrogens with one attached hydrogen (secondary N) is 1. The highest BCUT2D eigenvalue weighted by Crippen LogP contribution is 2.27. The Kier molecular flexibility index (Phi) is 5.00. The highest BCUT2D eigenvalue weighted by molar-refractivity contribution is 5.26. The largest absolute Gasteiger partial charge is 0.433 e. The van der Waals surface area contributed by atoms with Gasteiger partial charge >= 0.3 is 6.18 Å². The molecule has 0 saturated carbocycles. The minimum absolute atomic E-state index is 0.00223.